The number of fused-ring (bicyclic) bond motifs is 1. The molecule has 3 rings (SSSR count). The summed E-state index contributed by atoms with van der Waals surface area (Å²) in [6.07, 6.45) is 6.77. The molecule has 0 saturated heterocycles. The van der Waals surface area contributed by atoms with Crippen LogP contribution < -0.4 is 5.32 Å². The number of amides is 2. The van der Waals surface area contributed by atoms with E-state index < -0.39 is 11.4 Å². The molecule has 1 aliphatic heterocycles. The predicted molar refractivity (Wildman–Crippen MR) is 74.6 cm³/mol. The summed E-state index contributed by atoms with van der Waals surface area (Å²) in [6.45, 7) is 2.03. The predicted octanol–water partition coefficient (Wildman–Crippen LogP) is 1.05. The van der Waals surface area contributed by atoms with Crippen LogP contribution >= 0.6 is 0 Å². The maximum absolute atomic E-state index is 12.2. The van der Waals surface area contributed by atoms with E-state index >= 15 is 0 Å². The first-order valence-electron chi connectivity index (χ1n) is 7.37. The number of carbonyl (C=O) groups is 2. The van der Waals surface area contributed by atoms with Crippen molar-refractivity contribution in [3.05, 3.63) is 18.2 Å². The average molecular weight is 292 g/mol. The second-order valence-electron chi connectivity index (χ2n) is 5.91. The Hall–Kier alpha value is -2.05. The van der Waals surface area contributed by atoms with Crippen molar-refractivity contribution in [2.45, 2.75) is 38.8 Å². The van der Waals surface area contributed by atoms with Gasteiger partial charge in [0.1, 0.15) is 5.82 Å². The van der Waals surface area contributed by atoms with E-state index in [0.29, 0.717) is 25.9 Å². The summed E-state index contributed by atoms with van der Waals surface area (Å²) < 4.78 is 2.03. The fraction of sp³-hybridized carbons (Fsp3) is 0.643. The van der Waals surface area contributed by atoms with Crippen LogP contribution in [-0.4, -0.2) is 44.6 Å². The lowest BCUT2D eigenvalue weighted by Gasteiger charge is -2.30. The van der Waals surface area contributed by atoms with Crippen molar-refractivity contribution in [3.63, 3.8) is 0 Å². The number of carboxylic acids is 1. The summed E-state index contributed by atoms with van der Waals surface area (Å²) in [7, 11) is 0. The summed E-state index contributed by atoms with van der Waals surface area (Å²) in [6, 6.07) is -0.197. The molecule has 7 heteroatoms. The molecule has 1 aromatic heterocycles. The van der Waals surface area contributed by atoms with Crippen molar-refractivity contribution < 1.29 is 14.7 Å². The minimum atomic E-state index is -0.797. The summed E-state index contributed by atoms with van der Waals surface area (Å²) in [5.74, 6) is 0.0692. The third-order valence-corrected chi connectivity index (χ3v) is 4.62. The van der Waals surface area contributed by atoms with Gasteiger partial charge in [-0.2, -0.15) is 0 Å². The summed E-state index contributed by atoms with van der Waals surface area (Å²) in [4.78, 5) is 29.6. The highest BCUT2D eigenvalue weighted by Crippen LogP contribution is 2.37. The molecule has 1 aliphatic carbocycles. The van der Waals surface area contributed by atoms with E-state index in [1.807, 2.05) is 10.8 Å². The van der Waals surface area contributed by atoms with E-state index in [1.165, 1.54) is 0 Å². The molecule has 0 unspecified atom stereocenters. The van der Waals surface area contributed by atoms with Gasteiger partial charge >= 0.3 is 12.0 Å². The van der Waals surface area contributed by atoms with E-state index in [4.69, 9.17) is 0 Å². The van der Waals surface area contributed by atoms with Crippen molar-refractivity contribution in [2.75, 3.05) is 13.1 Å². The SMILES string of the molecule is O=C(NCC1(C(=O)O)CCCC1)N1CCn2ccnc2C1. The number of carbonyl (C=O) groups excluding carboxylic acids is 1. The van der Waals surface area contributed by atoms with Gasteiger partial charge in [0.05, 0.1) is 12.0 Å². The molecule has 114 valence electrons. The Kier molecular flexibility index (Phi) is 3.57. The van der Waals surface area contributed by atoms with Crippen LogP contribution in [0.4, 0.5) is 4.79 Å². The molecule has 0 bridgehead atoms. The Morgan fingerprint density at radius 1 is 1.33 bits per heavy atom. The molecule has 2 N–H and O–H groups in total. The number of hydrogen-bond donors (Lipinski definition) is 2. The zero-order valence-electron chi connectivity index (χ0n) is 11.9. The molecule has 21 heavy (non-hydrogen) atoms. The third-order valence-electron chi connectivity index (χ3n) is 4.62. The molecule has 1 aromatic rings. The van der Waals surface area contributed by atoms with E-state index in [1.54, 1.807) is 11.1 Å². The molecule has 0 radical (unpaired) electrons. The lowest BCUT2D eigenvalue weighted by atomic mass is 9.86. The third kappa shape index (κ3) is 2.59. The van der Waals surface area contributed by atoms with Crippen LogP contribution in [0.5, 0.6) is 0 Å². The number of nitrogens with one attached hydrogen (secondary N) is 1. The van der Waals surface area contributed by atoms with Crippen molar-refractivity contribution in [3.8, 4) is 0 Å². The summed E-state index contributed by atoms with van der Waals surface area (Å²) in [5, 5.41) is 12.2. The van der Waals surface area contributed by atoms with Crippen LogP contribution in [0, 0.1) is 5.41 Å². The first kappa shape index (κ1) is 13.9. The number of urea groups is 1. The van der Waals surface area contributed by atoms with Crippen LogP contribution in [0.3, 0.4) is 0 Å². The second kappa shape index (κ2) is 5.38. The van der Waals surface area contributed by atoms with Gasteiger partial charge in [0.2, 0.25) is 0 Å². The lowest BCUT2D eigenvalue weighted by molar-refractivity contribution is -0.148. The van der Waals surface area contributed by atoms with Crippen molar-refractivity contribution in [1.82, 2.24) is 19.8 Å². The number of nitrogens with zero attached hydrogens (tertiary/aromatic N) is 3. The molecule has 2 aliphatic rings. The van der Waals surface area contributed by atoms with Crippen molar-refractivity contribution in [2.24, 2.45) is 5.41 Å². The Balaban J connectivity index is 1.59. The monoisotopic (exact) mass is 292 g/mol. The molecule has 0 spiro atoms. The number of imidazole rings is 1. The number of carboxylic acid groups (broad SMARTS) is 1. The van der Waals surface area contributed by atoms with Crippen LogP contribution in [0.25, 0.3) is 0 Å². The number of aliphatic carboxylic acids is 1. The second-order valence-corrected chi connectivity index (χ2v) is 5.91. The van der Waals surface area contributed by atoms with E-state index in [-0.39, 0.29) is 12.6 Å². The van der Waals surface area contributed by atoms with Gasteiger partial charge in [-0.1, -0.05) is 12.8 Å². The van der Waals surface area contributed by atoms with Crippen LogP contribution in [0.1, 0.15) is 31.5 Å². The lowest BCUT2D eigenvalue weighted by Crippen LogP contribution is -2.48. The van der Waals surface area contributed by atoms with E-state index in [2.05, 4.69) is 10.3 Å². The topological polar surface area (TPSA) is 87.5 Å². The van der Waals surface area contributed by atoms with Crippen LogP contribution in [-0.2, 0) is 17.9 Å². The van der Waals surface area contributed by atoms with Gasteiger partial charge < -0.3 is 19.9 Å². The normalized spacial score (nSPS) is 20.1. The summed E-state index contributed by atoms with van der Waals surface area (Å²) in [5.41, 5.74) is -0.774. The number of hydrogen-bond acceptors (Lipinski definition) is 3. The smallest absolute Gasteiger partial charge is 0.317 e. The zero-order chi connectivity index (χ0) is 14.9. The molecular formula is C14H20N4O3. The van der Waals surface area contributed by atoms with Gasteiger partial charge in [-0.05, 0) is 12.8 Å². The fourth-order valence-electron chi connectivity index (χ4n) is 3.22. The molecular weight excluding hydrogens is 272 g/mol. The van der Waals surface area contributed by atoms with Gasteiger partial charge in [0.15, 0.2) is 0 Å². The quantitative estimate of drug-likeness (QED) is 0.872. The van der Waals surface area contributed by atoms with E-state index in [9.17, 15) is 14.7 Å². The maximum Gasteiger partial charge on any atom is 0.317 e. The first-order valence-corrected chi connectivity index (χ1v) is 7.37. The molecule has 2 heterocycles. The van der Waals surface area contributed by atoms with Gasteiger partial charge in [-0.25, -0.2) is 9.78 Å². The Morgan fingerprint density at radius 3 is 2.81 bits per heavy atom. The highest BCUT2D eigenvalue weighted by atomic mass is 16.4. The van der Waals surface area contributed by atoms with Gasteiger partial charge in [-0.3, -0.25) is 4.79 Å². The summed E-state index contributed by atoms with van der Waals surface area (Å²) >= 11 is 0. The van der Waals surface area contributed by atoms with Crippen LogP contribution in [0.2, 0.25) is 0 Å². The zero-order valence-corrected chi connectivity index (χ0v) is 11.9. The van der Waals surface area contributed by atoms with E-state index in [0.717, 1.165) is 25.2 Å². The van der Waals surface area contributed by atoms with Crippen molar-refractivity contribution >= 4 is 12.0 Å². The highest BCUT2D eigenvalue weighted by Gasteiger charge is 2.41. The maximum atomic E-state index is 12.2. The molecule has 1 fully saturated rings. The number of rotatable bonds is 3. The average Bonchev–Trinajstić information content (AvgIpc) is 3.13. The minimum Gasteiger partial charge on any atom is -0.481 e. The molecule has 1 saturated carbocycles. The molecule has 0 atom stereocenters. The standard InChI is InChI=1S/C14H20N4O3/c19-12(20)14(3-1-2-4-14)10-16-13(21)18-8-7-17-6-5-15-11(17)9-18/h5-6H,1-4,7-10H2,(H,16,21)(H,19,20). The molecule has 7 nitrogen and oxygen atoms in total. The minimum absolute atomic E-state index is 0.197. The van der Waals surface area contributed by atoms with Crippen LogP contribution in [0.15, 0.2) is 12.4 Å². The van der Waals surface area contributed by atoms with Gasteiger partial charge in [0.25, 0.3) is 0 Å². The number of aromatic nitrogens is 2. The Labute approximate surface area is 122 Å². The fourth-order valence-corrected chi connectivity index (χ4v) is 3.22. The highest BCUT2D eigenvalue weighted by molar-refractivity contribution is 5.78. The Morgan fingerprint density at radius 2 is 2.10 bits per heavy atom. The van der Waals surface area contributed by atoms with Crippen molar-refractivity contribution in [1.29, 1.82) is 0 Å². The molecule has 0 aromatic carbocycles. The molecule has 2 amide bonds. The largest absolute Gasteiger partial charge is 0.481 e. The van der Waals surface area contributed by atoms with Gasteiger partial charge in [0, 0.05) is 32.0 Å². The first-order chi connectivity index (χ1) is 10.1. The Bertz CT molecular complexity index is 548. The van der Waals surface area contributed by atoms with Gasteiger partial charge in [-0.15, -0.1) is 0 Å².